The predicted octanol–water partition coefficient (Wildman–Crippen LogP) is 5.22. The molecule has 1 aromatic carbocycles. The zero-order chi connectivity index (χ0) is 30.7. The highest BCUT2D eigenvalue weighted by molar-refractivity contribution is 6.34. The third-order valence-corrected chi connectivity index (χ3v) is 10.1. The molecule has 3 N–H and O–H groups in total. The highest BCUT2D eigenvalue weighted by Gasteiger charge is 2.65. The van der Waals surface area contributed by atoms with E-state index in [1.807, 2.05) is 6.08 Å². The first kappa shape index (κ1) is 29.9. The Hall–Kier alpha value is -3.18. The molecule has 4 atom stereocenters. The Morgan fingerprint density at radius 2 is 1.81 bits per heavy atom. The van der Waals surface area contributed by atoms with Gasteiger partial charge in [-0.05, 0) is 81.4 Å². The predicted molar refractivity (Wildman–Crippen MR) is 151 cm³/mol. The molecule has 2 saturated carbocycles. The smallest absolute Gasteiger partial charge is 0.398 e. The Kier molecular flexibility index (Phi) is 7.69. The van der Waals surface area contributed by atoms with Gasteiger partial charge in [-0.1, -0.05) is 29.8 Å². The van der Waals surface area contributed by atoms with Gasteiger partial charge in [-0.25, -0.2) is 0 Å². The number of fused-ring (bicyclic) bond motifs is 1. The van der Waals surface area contributed by atoms with Gasteiger partial charge in [-0.2, -0.15) is 23.0 Å². The van der Waals surface area contributed by atoms with Crippen molar-refractivity contribution in [3.05, 3.63) is 57.4 Å². The van der Waals surface area contributed by atoms with Crippen molar-refractivity contribution in [3.63, 3.8) is 0 Å². The van der Waals surface area contributed by atoms with E-state index in [1.165, 1.54) is 18.2 Å². The number of aromatic nitrogens is 2. The molecule has 4 unspecified atom stereocenters. The molecule has 1 aromatic heterocycles. The van der Waals surface area contributed by atoms with Gasteiger partial charge in [-0.3, -0.25) is 14.4 Å². The maximum Gasteiger partial charge on any atom is 0.398 e. The number of halogens is 4. The number of aliphatic hydroxyl groups excluding tert-OH is 1. The van der Waals surface area contributed by atoms with Gasteiger partial charge in [-0.15, -0.1) is 0 Å². The molecule has 1 amide bonds. The van der Waals surface area contributed by atoms with Crippen molar-refractivity contribution < 1.29 is 37.8 Å². The van der Waals surface area contributed by atoms with Crippen molar-refractivity contribution in [1.29, 1.82) is 0 Å². The van der Waals surface area contributed by atoms with Crippen molar-refractivity contribution in [2.24, 2.45) is 11.8 Å². The molecule has 0 radical (unpaired) electrons. The summed E-state index contributed by atoms with van der Waals surface area (Å²) in [6.07, 6.45) is 0.566. The lowest BCUT2D eigenvalue weighted by molar-refractivity contribution is -0.160. The summed E-state index contributed by atoms with van der Waals surface area (Å²) in [5.74, 6) is -2.96. The third-order valence-electron chi connectivity index (χ3n) is 9.74. The lowest BCUT2D eigenvalue weighted by Crippen LogP contribution is -2.44. The molecule has 2 fully saturated rings. The lowest BCUT2D eigenvalue weighted by Gasteiger charge is -2.26. The summed E-state index contributed by atoms with van der Waals surface area (Å²) in [6.45, 7) is 0. The fourth-order valence-electron chi connectivity index (χ4n) is 7.02. The number of aliphatic hydroxyl groups is 1. The van der Waals surface area contributed by atoms with E-state index in [4.69, 9.17) is 11.6 Å². The largest absolute Gasteiger partial charge is 0.481 e. The van der Waals surface area contributed by atoms with Gasteiger partial charge in [0, 0.05) is 17.9 Å². The minimum Gasteiger partial charge on any atom is -0.481 e. The maximum absolute atomic E-state index is 14.2. The molecule has 0 saturated heterocycles. The summed E-state index contributed by atoms with van der Waals surface area (Å²) >= 11 is 6.45. The first-order chi connectivity index (χ1) is 20.4. The van der Waals surface area contributed by atoms with E-state index < -0.39 is 41.4 Å². The van der Waals surface area contributed by atoms with Gasteiger partial charge in [0.1, 0.15) is 0 Å². The zero-order valence-electron chi connectivity index (χ0n) is 23.4. The van der Waals surface area contributed by atoms with Gasteiger partial charge >= 0.3 is 12.1 Å². The summed E-state index contributed by atoms with van der Waals surface area (Å²) < 4.78 is 43.8. The molecule has 4 aliphatic rings. The number of carbonyl (C=O) groups is 3. The highest BCUT2D eigenvalue weighted by atomic mass is 35.5. The van der Waals surface area contributed by atoms with Crippen molar-refractivity contribution in [3.8, 4) is 0 Å². The van der Waals surface area contributed by atoms with E-state index in [0.717, 1.165) is 22.2 Å². The molecule has 230 valence electrons. The number of hydrogen-bond donors (Lipinski definition) is 3. The van der Waals surface area contributed by atoms with E-state index in [0.29, 0.717) is 56.3 Å². The van der Waals surface area contributed by atoms with Crippen LogP contribution < -0.4 is 5.32 Å². The molecule has 4 aliphatic carbocycles. The Labute approximate surface area is 251 Å². The number of rotatable bonds is 6. The van der Waals surface area contributed by atoms with Gasteiger partial charge in [0.15, 0.2) is 0 Å². The van der Waals surface area contributed by atoms with Gasteiger partial charge in [0.05, 0.1) is 45.5 Å². The number of carboxylic acid groups (broad SMARTS) is 1. The van der Waals surface area contributed by atoms with Crippen LogP contribution in [-0.2, 0) is 27.8 Å². The second-order valence-corrected chi connectivity index (χ2v) is 12.7. The lowest BCUT2D eigenvalue weighted by atomic mass is 9.82. The number of nitrogens with one attached hydrogen (secondary N) is 1. The van der Waals surface area contributed by atoms with Crippen LogP contribution in [-0.4, -0.2) is 56.1 Å². The van der Waals surface area contributed by atoms with E-state index in [1.54, 1.807) is 0 Å². The van der Waals surface area contributed by atoms with E-state index in [-0.39, 0.29) is 47.4 Å². The quantitative estimate of drug-likeness (QED) is 0.408. The van der Waals surface area contributed by atoms with Crippen LogP contribution in [0, 0.1) is 11.8 Å². The molecular formula is C31H33ClF3N3O5. The van der Waals surface area contributed by atoms with Crippen LogP contribution in [0.1, 0.15) is 90.7 Å². The number of amides is 1. The van der Waals surface area contributed by atoms with Crippen LogP contribution in [0.3, 0.4) is 0 Å². The summed E-state index contributed by atoms with van der Waals surface area (Å²) in [6, 6.07) is 3.76. The van der Waals surface area contributed by atoms with Crippen LogP contribution in [0.15, 0.2) is 24.3 Å². The molecule has 0 aliphatic heterocycles. The average molecular weight is 620 g/mol. The summed E-state index contributed by atoms with van der Waals surface area (Å²) in [5.41, 5.74) is -0.0918. The highest BCUT2D eigenvalue weighted by Crippen LogP contribution is 2.60. The second kappa shape index (κ2) is 11.1. The van der Waals surface area contributed by atoms with E-state index >= 15 is 0 Å². The SMILES string of the molecule is O=C(O)C1CC=C(c2nn(C(=O)c3c(Cl)cccc3C3(C(F)(F)F)CC3)c3c2CCC(C(=O)NC2CCCC2O)C3)CC1. The molecule has 0 spiro atoms. The fourth-order valence-corrected chi connectivity index (χ4v) is 7.28. The zero-order valence-corrected chi connectivity index (χ0v) is 24.2. The molecule has 1 heterocycles. The number of aliphatic carboxylic acids is 1. The van der Waals surface area contributed by atoms with Gasteiger partial charge < -0.3 is 15.5 Å². The molecule has 2 aromatic rings. The number of nitrogens with zero attached hydrogens (tertiary/aromatic N) is 2. The van der Waals surface area contributed by atoms with Crippen LogP contribution in [0.5, 0.6) is 0 Å². The van der Waals surface area contributed by atoms with Crippen molar-refractivity contribution in [2.45, 2.75) is 94.4 Å². The fraction of sp³-hybridized carbons (Fsp3) is 0.548. The third kappa shape index (κ3) is 5.28. The Balaban J connectivity index is 1.40. The second-order valence-electron chi connectivity index (χ2n) is 12.3. The summed E-state index contributed by atoms with van der Waals surface area (Å²) in [7, 11) is 0. The van der Waals surface area contributed by atoms with Crippen LogP contribution in [0.2, 0.25) is 5.02 Å². The minimum absolute atomic E-state index is 0.106. The van der Waals surface area contributed by atoms with Crippen LogP contribution in [0.4, 0.5) is 13.2 Å². The number of allylic oxidation sites excluding steroid dienone is 2. The summed E-state index contributed by atoms with van der Waals surface area (Å²) in [4.78, 5) is 39.0. The number of carboxylic acids is 1. The molecule has 6 rings (SSSR count). The molecular weight excluding hydrogens is 587 g/mol. The first-order valence-electron chi connectivity index (χ1n) is 14.8. The Morgan fingerprint density at radius 1 is 1.07 bits per heavy atom. The number of benzene rings is 1. The first-order valence-corrected chi connectivity index (χ1v) is 15.2. The topological polar surface area (TPSA) is 122 Å². The molecule has 8 nitrogen and oxygen atoms in total. The average Bonchev–Trinajstić information content (AvgIpc) is 3.59. The van der Waals surface area contributed by atoms with Crippen molar-refractivity contribution in [2.75, 3.05) is 0 Å². The number of alkyl halides is 3. The van der Waals surface area contributed by atoms with Crippen molar-refractivity contribution in [1.82, 2.24) is 15.1 Å². The van der Waals surface area contributed by atoms with Gasteiger partial charge in [0.2, 0.25) is 5.91 Å². The standard InChI is InChI=1S/C31H33ClF3N3O5/c32-21-4-1-3-20(30(13-14-30)31(33,34)35)25(21)28(41)38-23-15-18(27(40)36-22-5-2-6-24(22)39)11-12-19(23)26(37-38)16-7-9-17(10-8-16)29(42)43/h1,3-4,7,17-18,22,24,39H,2,5-6,8-15H2,(H,36,40)(H,42,43). The van der Waals surface area contributed by atoms with E-state index in [9.17, 15) is 37.8 Å². The van der Waals surface area contributed by atoms with E-state index in [2.05, 4.69) is 10.4 Å². The maximum atomic E-state index is 14.2. The number of hydrogen-bond acceptors (Lipinski definition) is 5. The van der Waals surface area contributed by atoms with Crippen LogP contribution in [0.25, 0.3) is 5.57 Å². The molecule has 43 heavy (non-hydrogen) atoms. The van der Waals surface area contributed by atoms with Crippen LogP contribution >= 0.6 is 11.6 Å². The Bertz CT molecular complexity index is 1510. The van der Waals surface area contributed by atoms with Gasteiger partial charge in [0.25, 0.3) is 5.91 Å². The minimum atomic E-state index is -4.57. The number of carbonyl (C=O) groups excluding carboxylic acids is 2. The van der Waals surface area contributed by atoms with Crippen molar-refractivity contribution >= 4 is 35.0 Å². The Morgan fingerprint density at radius 3 is 2.42 bits per heavy atom. The summed E-state index contributed by atoms with van der Waals surface area (Å²) in [5, 5.41) is 27.1. The monoisotopic (exact) mass is 619 g/mol. The molecule has 12 heteroatoms. The molecule has 0 bridgehead atoms. The normalized spacial score (nSPS) is 26.4.